The zero-order chi connectivity index (χ0) is 5.28. The summed E-state index contributed by atoms with van der Waals surface area (Å²) in [4.78, 5) is 0. The molecular formula is C7H10. The Balaban J connectivity index is 2.35. The largest absolute Gasteiger partial charge is 0.128 e. The van der Waals surface area contributed by atoms with Crippen molar-refractivity contribution in [3.05, 3.63) is 17.9 Å². The molecular weight excluding hydrogens is 84.1 g/mol. The first-order chi connectivity index (χ1) is 3.30. The van der Waals surface area contributed by atoms with Gasteiger partial charge in [0.2, 0.25) is 0 Å². The van der Waals surface area contributed by atoms with Gasteiger partial charge in [0.1, 0.15) is 0 Å². The molecule has 0 atom stereocenters. The number of hydrogen-bond donors (Lipinski definition) is 0. The van der Waals surface area contributed by atoms with E-state index >= 15 is 0 Å². The molecule has 0 heterocycles. The van der Waals surface area contributed by atoms with Crippen molar-refractivity contribution in [2.75, 3.05) is 0 Å². The first kappa shape index (κ1) is 4.67. The van der Waals surface area contributed by atoms with E-state index in [0.717, 1.165) is 11.8 Å². The van der Waals surface area contributed by atoms with E-state index in [9.17, 15) is 0 Å². The Morgan fingerprint density at radius 1 is 1.43 bits per heavy atom. The summed E-state index contributed by atoms with van der Waals surface area (Å²) < 4.78 is 0. The van der Waals surface area contributed by atoms with Gasteiger partial charge >= 0.3 is 0 Å². The topological polar surface area (TPSA) is 0 Å². The minimum Gasteiger partial charge on any atom is -0.128 e. The van der Waals surface area contributed by atoms with Crippen LogP contribution < -0.4 is 0 Å². The molecule has 0 N–H and O–H groups in total. The lowest BCUT2D eigenvalue weighted by atomic mass is 9.91. The Kier molecular flexibility index (Phi) is 1.04. The molecule has 0 saturated carbocycles. The van der Waals surface area contributed by atoms with Gasteiger partial charge in [0.25, 0.3) is 0 Å². The average molecular weight is 94.2 g/mol. The van der Waals surface area contributed by atoms with Crippen molar-refractivity contribution in [2.45, 2.75) is 13.8 Å². The third-order valence-electron chi connectivity index (χ3n) is 1.35. The van der Waals surface area contributed by atoms with Gasteiger partial charge in [-0.25, -0.2) is 0 Å². The molecule has 0 aromatic heterocycles. The molecule has 0 fully saturated rings. The van der Waals surface area contributed by atoms with Gasteiger partial charge in [-0.3, -0.25) is 0 Å². The highest BCUT2D eigenvalue weighted by molar-refractivity contribution is 5.09. The molecule has 0 saturated heterocycles. The molecule has 0 unspecified atom stereocenters. The van der Waals surface area contributed by atoms with E-state index in [2.05, 4.69) is 31.7 Å². The summed E-state index contributed by atoms with van der Waals surface area (Å²) in [5, 5.41) is 0. The van der Waals surface area contributed by atoms with Gasteiger partial charge in [-0.15, -0.1) is 5.73 Å². The first-order valence-corrected chi connectivity index (χ1v) is 2.73. The SMILES string of the molecule is CC(C)C1C=C=C1. The maximum Gasteiger partial charge on any atom is 0.0121 e. The Morgan fingerprint density at radius 3 is 2.00 bits per heavy atom. The van der Waals surface area contributed by atoms with Crippen molar-refractivity contribution in [1.82, 2.24) is 0 Å². The highest BCUT2D eigenvalue weighted by atomic mass is 14.1. The molecule has 0 aromatic rings. The van der Waals surface area contributed by atoms with Gasteiger partial charge in [-0.05, 0) is 18.1 Å². The van der Waals surface area contributed by atoms with Crippen molar-refractivity contribution in [3.63, 3.8) is 0 Å². The van der Waals surface area contributed by atoms with E-state index in [4.69, 9.17) is 0 Å². The van der Waals surface area contributed by atoms with Crippen LogP contribution >= 0.6 is 0 Å². The summed E-state index contributed by atoms with van der Waals surface area (Å²) in [6, 6.07) is 0. The predicted molar refractivity (Wildman–Crippen MR) is 31.0 cm³/mol. The summed E-state index contributed by atoms with van der Waals surface area (Å²) in [5.41, 5.74) is 2.99. The molecule has 7 heavy (non-hydrogen) atoms. The molecule has 1 aliphatic carbocycles. The second kappa shape index (κ2) is 1.55. The number of hydrogen-bond acceptors (Lipinski definition) is 0. The van der Waals surface area contributed by atoms with Crippen LogP contribution in [0.1, 0.15) is 13.8 Å². The van der Waals surface area contributed by atoms with Gasteiger partial charge in [-0.1, -0.05) is 13.8 Å². The summed E-state index contributed by atoms with van der Waals surface area (Å²) in [7, 11) is 0. The zero-order valence-corrected chi connectivity index (χ0v) is 4.81. The highest BCUT2D eigenvalue weighted by Crippen LogP contribution is 2.17. The standard InChI is InChI=1S/C7H10/c1-6(2)7-4-3-5-7/h4-7H,1-2H3. The van der Waals surface area contributed by atoms with Gasteiger partial charge in [0, 0.05) is 5.92 Å². The smallest absolute Gasteiger partial charge is 0.0121 e. The van der Waals surface area contributed by atoms with Crippen LogP contribution in [-0.4, -0.2) is 0 Å². The normalized spacial score (nSPS) is 18.1. The maximum absolute atomic E-state index is 2.99. The molecule has 0 radical (unpaired) electrons. The molecule has 1 aliphatic rings. The van der Waals surface area contributed by atoms with E-state index in [0.29, 0.717) is 0 Å². The first-order valence-electron chi connectivity index (χ1n) is 2.73. The predicted octanol–water partition coefficient (Wildman–Crippen LogP) is 1.98. The van der Waals surface area contributed by atoms with E-state index in [-0.39, 0.29) is 0 Å². The van der Waals surface area contributed by atoms with Gasteiger partial charge in [0.15, 0.2) is 0 Å². The fourth-order valence-corrected chi connectivity index (χ4v) is 0.592. The van der Waals surface area contributed by atoms with Gasteiger partial charge in [-0.2, -0.15) is 0 Å². The summed E-state index contributed by atoms with van der Waals surface area (Å²) in [6.45, 7) is 4.44. The molecule has 0 aliphatic heterocycles. The third kappa shape index (κ3) is 0.755. The lowest BCUT2D eigenvalue weighted by molar-refractivity contribution is 0.538. The van der Waals surface area contributed by atoms with Crippen LogP contribution in [0.3, 0.4) is 0 Å². The number of allylic oxidation sites excluding steroid dienone is 1. The van der Waals surface area contributed by atoms with Crippen LogP contribution in [-0.2, 0) is 0 Å². The van der Waals surface area contributed by atoms with Crippen molar-refractivity contribution in [2.24, 2.45) is 11.8 Å². The third-order valence-corrected chi connectivity index (χ3v) is 1.35. The van der Waals surface area contributed by atoms with Crippen LogP contribution in [0.25, 0.3) is 0 Å². The average Bonchev–Trinajstić information content (AvgIpc) is 1.23. The van der Waals surface area contributed by atoms with E-state index in [1.807, 2.05) is 0 Å². The lowest BCUT2D eigenvalue weighted by Crippen LogP contribution is -2.04. The molecule has 38 valence electrons. The van der Waals surface area contributed by atoms with E-state index in [1.165, 1.54) is 0 Å². The minimum atomic E-state index is 0.722. The Bertz CT molecular complexity index is 106. The number of rotatable bonds is 1. The zero-order valence-electron chi connectivity index (χ0n) is 4.81. The molecule has 0 aromatic carbocycles. The quantitative estimate of drug-likeness (QED) is 0.436. The molecule has 0 bridgehead atoms. The van der Waals surface area contributed by atoms with Gasteiger partial charge in [0.05, 0.1) is 0 Å². The van der Waals surface area contributed by atoms with Gasteiger partial charge < -0.3 is 0 Å². The van der Waals surface area contributed by atoms with Crippen molar-refractivity contribution in [3.8, 4) is 0 Å². The fourth-order valence-electron chi connectivity index (χ4n) is 0.592. The summed E-state index contributed by atoms with van der Waals surface area (Å²) in [6.07, 6.45) is 4.23. The van der Waals surface area contributed by atoms with Crippen molar-refractivity contribution < 1.29 is 0 Å². The Morgan fingerprint density at radius 2 is 2.00 bits per heavy atom. The Hall–Kier alpha value is -0.480. The lowest BCUT2D eigenvalue weighted by Gasteiger charge is -2.13. The van der Waals surface area contributed by atoms with Crippen molar-refractivity contribution in [1.29, 1.82) is 0 Å². The van der Waals surface area contributed by atoms with Crippen LogP contribution in [0.5, 0.6) is 0 Å². The molecule has 0 heteroatoms. The van der Waals surface area contributed by atoms with Crippen molar-refractivity contribution >= 4 is 0 Å². The molecule has 0 amide bonds. The summed E-state index contributed by atoms with van der Waals surface area (Å²) >= 11 is 0. The summed E-state index contributed by atoms with van der Waals surface area (Å²) in [5.74, 6) is 1.50. The minimum absolute atomic E-state index is 0.722. The van der Waals surface area contributed by atoms with E-state index in [1.54, 1.807) is 0 Å². The Labute approximate surface area is 44.5 Å². The molecule has 1 rings (SSSR count). The van der Waals surface area contributed by atoms with Crippen LogP contribution in [0.2, 0.25) is 0 Å². The maximum atomic E-state index is 2.99. The van der Waals surface area contributed by atoms with E-state index < -0.39 is 0 Å². The van der Waals surface area contributed by atoms with Crippen LogP contribution in [0, 0.1) is 11.8 Å². The van der Waals surface area contributed by atoms with Crippen LogP contribution in [0.15, 0.2) is 17.9 Å². The second-order valence-electron chi connectivity index (χ2n) is 2.32. The molecule has 0 nitrogen and oxygen atoms in total. The monoisotopic (exact) mass is 94.1 g/mol. The highest BCUT2D eigenvalue weighted by Gasteiger charge is 2.08. The van der Waals surface area contributed by atoms with Crippen LogP contribution in [0.4, 0.5) is 0 Å². The second-order valence-corrected chi connectivity index (χ2v) is 2.32. The molecule has 0 spiro atoms. The fraction of sp³-hybridized carbons (Fsp3) is 0.571.